The molecule has 0 amide bonds. The standard InChI is InChI=1S/C26H29FN2O4S/c1-18(30)34-14-8-6-4-5-7-13-32-26-17-22-20(16-25(26)31-3)23(11-12-29-22)33-24-10-9-19(28-2)15-21(24)27/h4-5,9-12,15-17,28H,6-8,13-14H2,1-3H3/b5-4+. The van der Waals surface area contributed by atoms with Crippen molar-refractivity contribution in [2.45, 2.75) is 26.2 Å². The fourth-order valence-electron chi connectivity index (χ4n) is 3.24. The Labute approximate surface area is 203 Å². The van der Waals surface area contributed by atoms with Gasteiger partial charge in [0.15, 0.2) is 28.2 Å². The second-order valence-electron chi connectivity index (χ2n) is 7.42. The van der Waals surface area contributed by atoms with Crippen molar-refractivity contribution in [2.75, 3.05) is 31.8 Å². The molecule has 0 atom stereocenters. The highest BCUT2D eigenvalue weighted by Gasteiger charge is 2.13. The number of anilines is 1. The number of carbonyl (C=O) groups is 1. The number of hydrogen-bond donors (Lipinski definition) is 1. The summed E-state index contributed by atoms with van der Waals surface area (Å²) in [4.78, 5) is 15.3. The van der Waals surface area contributed by atoms with Gasteiger partial charge in [-0.15, -0.1) is 0 Å². The molecule has 1 aromatic heterocycles. The molecule has 0 fully saturated rings. The molecule has 180 valence electrons. The van der Waals surface area contributed by atoms with Gasteiger partial charge in [-0.2, -0.15) is 0 Å². The minimum Gasteiger partial charge on any atom is -0.493 e. The van der Waals surface area contributed by atoms with Gasteiger partial charge in [0.2, 0.25) is 0 Å². The minimum atomic E-state index is -0.464. The molecule has 0 bridgehead atoms. The number of fused-ring (bicyclic) bond motifs is 1. The summed E-state index contributed by atoms with van der Waals surface area (Å²) >= 11 is 1.36. The van der Waals surface area contributed by atoms with Gasteiger partial charge in [-0.1, -0.05) is 23.9 Å². The third-order valence-corrected chi connectivity index (χ3v) is 5.86. The van der Waals surface area contributed by atoms with Crippen molar-refractivity contribution in [3.05, 3.63) is 60.6 Å². The van der Waals surface area contributed by atoms with Crippen LogP contribution in [-0.4, -0.2) is 36.6 Å². The molecule has 3 rings (SSSR count). The Balaban J connectivity index is 1.65. The van der Waals surface area contributed by atoms with Crippen molar-refractivity contribution in [1.29, 1.82) is 0 Å². The van der Waals surface area contributed by atoms with Crippen LogP contribution in [0.3, 0.4) is 0 Å². The number of pyridine rings is 1. The summed E-state index contributed by atoms with van der Waals surface area (Å²) in [5.74, 6) is 2.09. The van der Waals surface area contributed by atoms with Crippen LogP contribution < -0.4 is 19.5 Å². The minimum absolute atomic E-state index is 0.123. The Morgan fingerprint density at radius 2 is 1.91 bits per heavy atom. The Bertz CT molecular complexity index is 1150. The number of nitrogens with zero attached hydrogens (tertiary/aromatic N) is 1. The molecule has 0 saturated carbocycles. The van der Waals surface area contributed by atoms with Gasteiger partial charge in [-0.3, -0.25) is 9.78 Å². The molecular formula is C26H29FN2O4S. The molecule has 3 aromatic rings. The van der Waals surface area contributed by atoms with E-state index in [9.17, 15) is 9.18 Å². The third-order valence-electron chi connectivity index (χ3n) is 4.96. The summed E-state index contributed by atoms with van der Waals surface area (Å²) in [7, 11) is 3.30. The first kappa shape index (κ1) is 25.4. The van der Waals surface area contributed by atoms with Crippen molar-refractivity contribution in [2.24, 2.45) is 0 Å². The highest BCUT2D eigenvalue weighted by molar-refractivity contribution is 8.13. The SMILES string of the molecule is CNc1ccc(Oc2ccnc3cc(OCC/C=C/CCCSC(C)=O)c(OC)cc23)c(F)c1. The van der Waals surface area contributed by atoms with Gasteiger partial charge in [0.25, 0.3) is 0 Å². The summed E-state index contributed by atoms with van der Waals surface area (Å²) in [6.45, 7) is 2.07. The first-order chi connectivity index (χ1) is 16.5. The van der Waals surface area contributed by atoms with Gasteiger partial charge in [0.05, 0.1) is 19.2 Å². The molecular weight excluding hydrogens is 455 g/mol. The largest absolute Gasteiger partial charge is 0.493 e. The molecule has 0 unspecified atom stereocenters. The number of halogens is 1. The Morgan fingerprint density at radius 1 is 1.09 bits per heavy atom. The number of aromatic nitrogens is 1. The van der Waals surface area contributed by atoms with Crippen LogP contribution in [0.25, 0.3) is 10.9 Å². The van der Waals surface area contributed by atoms with Crippen LogP contribution in [0.5, 0.6) is 23.0 Å². The number of hydrogen-bond acceptors (Lipinski definition) is 7. The van der Waals surface area contributed by atoms with Crippen LogP contribution in [0.15, 0.2) is 54.7 Å². The quantitative estimate of drug-likeness (QED) is 0.229. The van der Waals surface area contributed by atoms with Crippen molar-refractivity contribution in [3.63, 3.8) is 0 Å². The van der Waals surface area contributed by atoms with Gasteiger partial charge < -0.3 is 19.5 Å². The summed E-state index contributed by atoms with van der Waals surface area (Å²) in [5, 5.41) is 3.74. The van der Waals surface area contributed by atoms with E-state index >= 15 is 0 Å². The van der Waals surface area contributed by atoms with E-state index in [4.69, 9.17) is 14.2 Å². The fourth-order valence-corrected chi connectivity index (χ4v) is 3.84. The summed E-state index contributed by atoms with van der Waals surface area (Å²) in [6, 6.07) is 9.98. The van der Waals surface area contributed by atoms with Crippen molar-refractivity contribution in [3.8, 4) is 23.0 Å². The highest BCUT2D eigenvalue weighted by Crippen LogP contribution is 2.37. The number of ether oxygens (including phenoxy) is 3. The second kappa shape index (κ2) is 12.8. The van der Waals surface area contributed by atoms with Crippen LogP contribution in [0.2, 0.25) is 0 Å². The number of unbranched alkanes of at least 4 members (excludes halogenated alkanes) is 1. The predicted molar refractivity (Wildman–Crippen MR) is 136 cm³/mol. The van der Waals surface area contributed by atoms with Gasteiger partial charge in [-0.05, 0) is 43.5 Å². The number of nitrogens with one attached hydrogen (secondary N) is 1. The predicted octanol–water partition coefficient (Wildman–Crippen LogP) is 6.60. The van der Waals surface area contributed by atoms with Crippen molar-refractivity contribution >= 4 is 33.5 Å². The van der Waals surface area contributed by atoms with E-state index in [0.29, 0.717) is 40.4 Å². The molecule has 1 N–H and O–H groups in total. The summed E-state index contributed by atoms with van der Waals surface area (Å²) < 4.78 is 31.7. The number of allylic oxidation sites excluding steroid dienone is 1. The normalized spacial score (nSPS) is 11.1. The van der Waals surface area contributed by atoms with E-state index in [2.05, 4.69) is 22.5 Å². The smallest absolute Gasteiger partial charge is 0.185 e. The van der Waals surface area contributed by atoms with Crippen LogP contribution >= 0.6 is 11.8 Å². The van der Waals surface area contributed by atoms with Crippen molar-refractivity contribution in [1.82, 2.24) is 4.98 Å². The molecule has 34 heavy (non-hydrogen) atoms. The first-order valence-electron chi connectivity index (χ1n) is 11.0. The topological polar surface area (TPSA) is 69.7 Å². The molecule has 1 heterocycles. The van der Waals surface area contributed by atoms with Gasteiger partial charge in [0.1, 0.15) is 5.75 Å². The van der Waals surface area contributed by atoms with Gasteiger partial charge in [-0.25, -0.2) is 4.39 Å². The maximum atomic E-state index is 14.4. The molecule has 2 aromatic carbocycles. The van der Waals surface area contributed by atoms with E-state index in [-0.39, 0.29) is 10.9 Å². The van der Waals surface area contributed by atoms with Crippen molar-refractivity contribution < 1.29 is 23.4 Å². The molecule has 6 nitrogen and oxygen atoms in total. The molecule has 8 heteroatoms. The lowest BCUT2D eigenvalue weighted by atomic mass is 10.1. The maximum absolute atomic E-state index is 14.4. The Kier molecular flexibility index (Phi) is 9.58. The van der Waals surface area contributed by atoms with Gasteiger partial charge >= 0.3 is 0 Å². The second-order valence-corrected chi connectivity index (χ2v) is 8.69. The molecule has 0 aliphatic heterocycles. The van der Waals surface area contributed by atoms with Crippen LogP contribution in [-0.2, 0) is 4.79 Å². The average molecular weight is 485 g/mol. The Hall–Kier alpha value is -3.26. The third kappa shape index (κ3) is 7.12. The molecule has 0 radical (unpaired) electrons. The molecule has 0 saturated heterocycles. The highest BCUT2D eigenvalue weighted by atomic mass is 32.2. The molecule has 0 spiro atoms. The number of methoxy groups -OCH3 is 1. The first-order valence-corrected chi connectivity index (χ1v) is 12.0. The van der Waals surface area contributed by atoms with E-state index in [1.165, 1.54) is 17.8 Å². The number of carbonyl (C=O) groups excluding carboxylic acids is 1. The average Bonchev–Trinajstić information content (AvgIpc) is 2.83. The zero-order valence-electron chi connectivity index (χ0n) is 19.6. The summed E-state index contributed by atoms with van der Waals surface area (Å²) in [6.07, 6.45) is 8.45. The zero-order valence-corrected chi connectivity index (χ0v) is 20.4. The van der Waals surface area contributed by atoms with E-state index in [1.807, 2.05) is 0 Å². The Morgan fingerprint density at radius 3 is 2.65 bits per heavy atom. The monoisotopic (exact) mass is 484 g/mol. The van der Waals surface area contributed by atoms with E-state index in [1.54, 1.807) is 57.6 Å². The number of benzene rings is 2. The molecule has 0 aliphatic rings. The van der Waals surface area contributed by atoms with E-state index < -0.39 is 5.82 Å². The molecule has 0 aliphatic carbocycles. The van der Waals surface area contributed by atoms with E-state index in [0.717, 1.165) is 25.0 Å². The lowest BCUT2D eigenvalue weighted by Crippen LogP contribution is -1.99. The number of rotatable bonds is 12. The van der Waals surface area contributed by atoms with Crippen LogP contribution in [0.1, 0.15) is 26.2 Å². The number of thioether (sulfide) groups is 1. The van der Waals surface area contributed by atoms with Gasteiger partial charge in [0, 0.05) is 49.1 Å². The van der Waals surface area contributed by atoms with Crippen LogP contribution in [0, 0.1) is 5.82 Å². The lowest BCUT2D eigenvalue weighted by molar-refractivity contribution is -0.109. The maximum Gasteiger partial charge on any atom is 0.185 e. The summed E-state index contributed by atoms with van der Waals surface area (Å²) in [5.41, 5.74) is 1.31. The fraction of sp³-hybridized carbons (Fsp3) is 0.308. The lowest BCUT2D eigenvalue weighted by Gasteiger charge is -2.14. The van der Waals surface area contributed by atoms with Crippen LogP contribution in [0.4, 0.5) is 10.1 Å². The zero-order chi connectivity index (χ0) is 24.3.